The van der Waals surface area contributed by atoms with Gasteiger partial charge < -0.3 is 0 Å². The molecule has 0 unspecified atom stereocenters. The highest BCUT2D eigenvalue weighted by molar-refractivity contribution is 7.89. The second-order valence-electron chi connectivity index (χ2n) is 3.99. The highest BCUT2D eigenvalue weighted by atomic mass is 35.5. The van der Waals surface area contributed by atoms with Gasteiger partial charge >= 0.3 is 0 Å². The van der Waals surface area contributed by atoms with Crippen LogP contribution in [-0.2, 0) is 10.0 Å². The maximum absolute atomic E-state index is 12.0. The maximum atomic E-state index is 12.0. The molecule has 1 N–H and O–H groups in total. The SMILES string of the molecule is CCC(CC)CNS(=O)(=O)c1cccc(Cl)c1. The normalized spacial score (nSPS) is 12.0. The van der Waals surface area contributed by atoms with Crippen LogP contribution in [-0.4, -0.2) is 15.0 Å². The molecule has 0 saturated heterocycles. The second-order valence-corrected chi connectivity index (χ2v) is 6.20. The lowest BCUT2D eigenvalue weighted by Crippen LogP contribution is -2.29. The molecule has 0 bridgehead atoms. The first-order valence-electron chi connectivity index (χ1n) is 5.74. The zero-order valence-corrected chi connectivity index (χ0v) is 11.7. The molecule has 1 aromatic carbocycles. The smallest absolute Gasteiger partial charge is 0.211 e. The van der Waals surface area contributed by atoms with E-state index in [2.05, 4.69) is 18.6 Å². The summed E-state index contributed by atoms with van der Waals surface area (Å²) in [5.41, 5.74) is 0. The van der Waals surface area contributed by atoms with Crippen molar-refractivity contribution in [1.29, 1.82) is 0 Å². The van der Waals surface area contributed by atoms with Gasteiger partial charge in [0.1, 0.15) is 0 Å². The van der Waals surface area contributed by atoms with Gasteiger partial charge in [-0.15, -0.1) is 0 Å². The number of sulfonamides is 1. The quantitative estimate of drug-likeness (QED) is 0.867. The number of halogens is 1. The maximum Gasteiger partial charge on any atom is 0.240 e. The Morgan fingerprint density at radius 2 is 1.94 bits per heavy atom. The van der Waals surface area contributed by atoms with Crippen LogP contribution in [0.3, 0.4) is 0 Å². The minimum atomic E-state index is -3.43. The molecule has 0 aliphatic rings. The van der Waals surface area contributed by atoms with E-state index >= 15 is 0 Å². The average molecular weight is 276 g/mol. The lowest BCUT2D eigenvalue weighted by molar-refractivity contribution is 0.479. The van der Waals surface area contributed by atoms with Crippen molar-refractivity contribution in [2.45, 2.75) is 31.6 Å². The van der Waals surface area contributed by atoms with Gasteiger partial charge in [-0.25, -0.2) is 13.1 Å². The van der Waals surface area contributed by atoms with Crippen molar-refractivity contribution < 1.29 is 8.42 Å². The van der Waals surface area contributed by atoms with Crippen LogP contribution in [0.2, 0.25) is 5.02 Å². The monoisotopic (exact) mass is 275 g/mol. The third-order valence-corrected chi connectivity index (χ3v) is 4.48. The summed E-state index contributed by atoms with van der Waals surface area (Å²) in [7, 11) is -3.43. The first-order chi connectivity index (χ1) is 7.99. The molecule has 0 saturated carbocycles. The van der Waals surface area contributed by atoms with Crippen LogP contribution in [0.4, 0.5) is 0 Å². The molecule has 0 heterocycles. The van der Waals surface area contributed by atoms with Crippen molar-refractivity contribution in [2.24, 2.45) is 5.92 Å². The molecule has 17 heavy (non-hydrogen) atoms. The lowest BCUT2D eigenvalue weighted by Gasteiger charge is -2.13. The zero-order chi connectivity index (χ0) is 12.9. The van der Waals surface area contributed by atoms with Crippen LogP contribution >= 0.6 is 11.6 Å². The van der Waals surface area contributed by atoms with E-state index in [0.717, 1.165) is 12.8 Å². The van der Waals surface area contributed by atoms with E-state index in [4.69, 9.17) is 11.6 Å². The molecule has 1 rings (SSSR count). The number of benzene rings is 1. The first-order valence-corrected chi connectivity index (χ1v) is 7.61. The van der Waals surface area contributed by atoms with E-state index < -0.39 is 10.0 Å². The van der Waals surface area contributed by atoms with E-state index in [-0.39, 0.29) is 4.90 Å². The molecule has 0 amide bonds. The summed E-state index contributed by atoms with van der Waals surface area (Å²) in [6.45, 7) is 4.59. The third-order valence-electron chi connectivity index (χ3n) is 2.82. The van der Waals surface area contributed by atoms with Crippen molar-refractivity contribution in [3.63, 3.8) is 0 Å². The lowest BCUT2D eigenvalue weighted by atomic mass is 10.0. The van der Waals surface area contributed by atoms with Gasteiger partial charge in [-0.3, -0.25) is 0 Å². The van der Waals surface area contributed by atoms with Gasteiger partial charge in [-0.05, 0) is 24.1 Å². The molecule has 0 aliphatic heterocycles. The van der Waals surface area contributed by atoms with Gasteiger partial charge in [0.2, 0.25) is 10.0 Å². The van der Waals surface area contributed by atoms with E-state index in [1.54, 1.807) is 18.2 Å². The van der Waals surface area contributed by atoms with Crippen LogP contribution in [0.15, 0.2) is 29.2 Å². The largest absolute Gasteiger partial charge is 0.240 e. The number of rotatable bonds is 6. The van der Waals surface area contributed by atoms with E-state index in [0.29, 0.717) is 17.5 Å². The third kappa shape index (κ3) is 4.30. The average Bonchev–Trinajstić information content (AvgIpc) is 2.30. The minimum Gasteiger partial charge on any atom is -0.211 e. The van der Waals surface area contributed by atoms with E-state index in [1.807, 2.05) is 0 Å². The molecule has 0 aromatic heterocycles. The molecule has 3 nitrogen and oxygen atoms in total. The summed E-state index contributed by atoms with van der Waals surface area (Å²) in [6.07, 6.45) is 1.93. The fraction of sp³-hybridized carbons (Fsp3) is 0.500. The van der Waals surface area contributed by atoms with Crippen molar-refractivity contribution in [2.75, 3.05) is 6.54 Å². The van der Waals surface area contributed by atoms with Crippen LogP contribution in [0.5, 0.6) is 0 Å². The van der Waals surface area contributed by atoms with Gasteiger partial charge in [-0.1, -0.05) is 44.4 Å². The molecule has 0 fully saturated rings. The molecule has 0 aliphatic carbocycles. The molecule has 5 heteroatoms. The standard InChI is InChI=1S/C12H18ClNO2S/c1-3-10(4-2)9-14-17(15,16)12-7-5-6-11(13)8-12/h5-8,10,14H,3-4,9H2,1-2H3. The molecule has 0 spiro atoms. The van der Waals surface area contributed by atoms with Gasteiger partial charge in [0.15, 0.2) is 0 Å². The Balaban J connectivity index is 2.76. The van der Waals surface area contributed by atoms with Crippen molar-refractivity contribution >= 4 is 21.6 Å². The van der Waals surface area contributed by atoms with Crippen molar-refractivity contribution in [1.82, 2.24) is 4.72 Å². The molecular formula is C12H18ClNO2S. The highest BCUT2D eigenvalue weighted by Gasteiger charge is 2.15. The van der Waals surface area contributed by atoms with Gasteiger partial charge in [0.25, 0.3) is 0 Å². The molecule has 1 aromatic rings. The summed E-state index contributed by atoms with van der Waals surface area (Å²) in [4.78, 5) is 0.218. The fourth-order valence-electron chi connectivity index (χ4n) is 1.52. The minimum absolute atomic E-state index is 0.218. The topological polar surface area (TPSA) is 46.2 Å². The predicted molar refractivity (Wildman–Crippen MR) is 70.7 cm³/mol. The summed E-state index contributed by atoms with van der Waals surface area (Å²) in [6, 6.07) is 6.29. The molecule has 0 atom stereocenters. The van der Waals surface area contributed by atoms with Crippen LogP contribution < -0.4 is 4.72 Å². The van der Waals surface area contributed by atoms with Gasteiger partial charge in [0, 0.05) is 11.6 Å². The second kappa shape index (κ2) is 6.38. The molecule has 96 valence electrons. The Kier molecular flexibility index (Phi) is 5.43. The molecule has 0 radical (unpaired) electrons. The fourth-order valence-corrected chi connectivity index (χ4v) is 2.94. The Morgan fingerprint density at radius 1 is 1.29 bits per heavy atom. The summed E-state index contributed by atoms with van der Waals surface area (Å²) in [5, 5.41) is 0.426. The number of hydrogen-bond donors (Lipinski definition) is 1. The summed E-state index contributed by atoms with van der Waals surface area (Å²) >= 11 is 5.78. The first kappa shape index (κ1) is 14.5. The van der Waals surface area contributed by atoms with Gasteiger partial charge in [-0.2, -0.15) is 0 Å². The Morgan fingerprint density at radius 3 is 2.47 bits per heavy atom. The Labute approximate surface area is 108 Å². The van der Waals surface area contributed by atoms with Crippen LogP contribution in [0.25, 0.3) is 0 Å². The summed E-state index contributed by atoms with van der Waals surface area (Å²) < 4.78 is 26.5. The van der Waals surface area contributed by atoms with Gasteiger partial charge in [0.05, 0.1) is 4.90 Å². The van der Waals surface area contributed by atoms with Crippen molar-refractivity contribution in [3.05, 3.63) is 29.3 Å². The van der Waals surface area contributed by atoms with Crippen LogP contribution in [0.1, 0.15) is 26.7 Å². The molecular weight excluding hydrogens is 258 g/mol. The van der Waals surface area contributed by atoms with E-state index in [9.17, 15) is 8.42 Å². The highest BCUT2D eigenvalue weighted by Crippen LogP contribution is 2.16. The Hall–Kier alpha value is -0.580. The zero-order valence-electron chi connectivity index (χ0n) is 10.1. The predicted octanol–water partition coefficient (Wildman–Crippen LogP) is 3.05. The van der Waals surface area contributed by atoms with Crippen LogP contribution in [0, 0.1) is 5.92 Å². The number of hydrogen-bond acceptors (Lipinski definition) is 2. The van der Waals surface area contributed by atoms with Crippen molar-refractivity contribution in [3.8, 4) is 0 Å². The summed E-state index contributed by atoms with van der Waals surface area (Å²) in [5.74, 6) is 0.379. The Bertz CT molecular complexity index is 455. The van der Waals surface area contributed by atoms with E-state index in [1.165, 1.54) is 6.07 Å². The number of nitrogens with one attached hydrogen (secondary N) is 1.